The van der Waals surface area contributed by atoms with Crippen molar-refractivity contribution in [1.29, 1.82) is 0 Å². The Hall–Kier alpha value is -0.420. The predicted molar refractivity (Wildman–Crippen MR) is 96.8 cm³/mol. The van der Waals surface area contributed by atoms with Gasteiger partial charge in [-0.25, -0.2) is 0 Å². The molecule has 0 aromatic carbocycles. The van der Waals surface area contributed by atoms with E-state index in [0.717, 1.165) is 50.9 Å². The van der Waals surface area contributed by atoms with E-state index in [1.165, 1.54) is 0 Å². The van der Waals surface area contributed by atoms with Gasteiger partial charge in [-0.3, -0.25) is 4.99 Å². The average Bonchev–Trinajstić information content (AvgIpc) is 2.48. The van der Waals surface area contributed by atoms with Crippen LogP contribution in [-0.2, 0) is 4.74 Å². The second-order valence-electron chi connectivity index (χ2n) is 7.66. The molecule has 0 aromatic heterocycles. The summed E-state index contributed by atoms with van der Waals surface area (Å²) in [6, 6.07) is 0. The maximum absolute atomic E-state index is 5.56. The SMILES string of the molecule is CCSC1(CNC(=NC)N2CC(C)(C)C2(C)C)CCOCC1. The highest BCUT2D eigenvalue weighted by molar-refractivity contribution is 8.00. The molecule has 0 radical (unpaired) electrons. The molecule has 5 heteroatoms. The number of ether oxygens (including phenoxy) is 1. The van der Waals surface area contributed by atoms with Gasteiger partial charge >= 0.3 is 0 Å². The van der Waals surface area contributed by atoms with Crippen molar-refractivity contribution < 1.29 is 4.74 Å². The van der Waals surface area contributed by atoms with Crippen LogP contribution in [0.15, 0.2) is 4.99 Å². The van der Waals surface area contributed by atoms with E-state index >= 15 is 0 Å². The van der Waals surface area contributed by atoms with Crippen molar-refractivity contribution in [3.8, 4) is 0 Å². The van der Waals surface area contributed by atoms with Crippen LogP contribution in [0.4, 0.5) is 0 Å². The van der Waals surface area contributed by atoms with Gasteiger partial charge < -0.3 is 15.0 Å². The number of thioether (sulfide) groups is 1. The second kappa shape index (κ2) is 6.60. The minimum Gasteiger partial charge on any atom is -0.381 e. The molecule has 0 saturated carbocycles. The number of rotatable bonds is 4. The second-order valence-corrected chi connectivity index (χ2v) is 9.39. The maximum atomic E-state index is 5.56. The van der Waals surface area contributed by atoms with Gasteiger partial charge in [-0.1, -0.05) is 20.8 Å². The van der Waals surface area contributed by atoms with Crippen LogP contribution in [0.3, 0.4) is 0 Å². The normalized spacial score (nSPS) is 26.5. The van der Waals surface area contributed by atoms with Crippen LogP contribution in [0.2, 0.25) is 0 Å². The topological polar surface area (TPSA) is 36.9 Å². The number of hydrogen-bond acceptors (Lipinski definition) is 3. The summed E-state index contributed by atoms with van der Waals surface area (Å²) in [6.07, 6.45) is 2.26. The van der Waals surface area contributed by atoms with Crippen molar-refractivity contribution in [2.75, 3.05) is 39.1 Å². The Balaban J connectivity index is 1.99. The van der Waals surface area contributed by atoms with Crippen LogP contribution in [-0.4, -0.2) is 60.2 Å². The van der Waals surface area contributed by atoms with Gasteiger partial charge in [-0.2, -0.15) is 11.8 Å². The smallest absolute Gasteiger partial charge is 0.194 e. The number of likely N-dealkylation sites (tertiary alicyclic amines) is 1. The summed E-state index contributed by atoms with van der Waals surface area (Å²) in [4.78, 5) is 6.95. The molecule has 0 bridgehead atoms. The number of nitrogens with one attached hydrogen (secondary N) is 1. The number of hydrogen-bond donors (Lipinski definition) is 1. The molecule has 0 unspecified atom stereocenters. The first-order valence-corrected chi connectivity index (χ1v) is 9.46. The average molecular weight is 328 g/mol. The Kier molecular flexibility index (Phi) is 5.38. The van der Waals surface area contributed by atoms with E-state index in [-0.39, 0.29) is 5.54 Å². The largest absolute Gasteiger partial charge is 0.381 e. The van der Waals surface area contributed by atoms with E-state index in [4.69, 9.17) is 4.74 Å². The van der Waals surface area contributed by atoms with Gasteiger partial charge in [0.05, 0.1) is 0 Å². The lowest BCUT2D eigenvalue weighted by atomic mass is 9.65. The molecule has 2 rings (SSSR count). The zero-order chi connectivity index (χ0) is 16.4. The van der Waals surface area contributed by atoms with Crippen LogP contribution >= 0.6 is 11.8 Å². The highest BCUT2D eigenvalue weighted by atomic mass is 32.2. The Bertz CT molecular complexity index is 409. The summed E-state index contributed by atoms with van der Waals surface area (Å²) < 4.78 is 5.86. The van der Waals surface area contributed by atoms with Gasteiger partial charge in [0.15, 0.2) is 5.96 Å². The third-order valence-electron chi connectivity index (χ3n) is 5.78. The molecular weight excluding hydrogens is 294 g/mol. The Morgan fingerprint density at radius 3 is 2.32 bits per heavy atom. The van der Waals surface area contributed by atoms with Crippen molar-refractivity contribution in [2.45, 2.75) is 57.7 Å². The summed E-state index contributed by atoms with van der Waals surface area (Å²) in [5, 5.41) is 3.66. The summed E-state index contributed by atoms with van der Waals surface area (Å²) in [5.74, 6) is 2.20. The number of guanidine groups is 1. The van der Waals surface area contributed by atoms with Gasteiger partial charge in [-0.15, -0.1) is 0 Å². The van der Waals surface area contributed by atoms with Crippen LogP contribution in [0.5, 0.6) is 0 Å². The zero-order valence-corrected chi connectivity index (χ0v) is 16.0. The van der Waals surface area contributed by atoms with Crippen molar-refractivity contribution in [2.24, 2.45) is 10.4 Å². The summed E-state index contributed by atoms with van der Waals surface area (Å²) in [6.45, 7) is 15.4. The summed E-state index contributed by atoms with van der Waals surface area (Å²) in [7, 11) is 1.90. The molecule has 128 valence electrons. The number of aliphatic imine (C=N–C) groups is 1. The molecule has 2 aliphatic heterocycles. The van der Waals surface area contributed by atoms with Crippen LogP contribution in [0, 0.1) is 5.41 Å². The van der Waals surface area contributed by atoms with Gasteiger partial charge in [0, 0.05) is 49.1 Å². The molecule has 2 aliphatic rings. The van der Waals surface area contributed by atoms with Crippen molar-refractivity contribution in [3.63, 3.8) is 0 Å². The minimum absolute atomic E-state index is 0.148. The van der Waals surface area contributed by atoms with Gasteiger partial charge in [0.2, 0.25) is 0 Å². The summed E-state index contributed by atoms with van der Waals surface area (Å²) in [5.41, 5.74) is 0.481. The minimum atomic E-state index is 0.148. The third kappa shape index (κ3) is 3.25. The lowest BCUT2D eigenvalue weighted by Gasteiger charge is -2.62. The fourth-order valence-electron chi connectivity index (χ4n) is 3.36. The lowest BCUT2D eigenvalue weighted by Crippen LogP contribution is -2.72. The summed E-state index contributed by atoms with van der Waals surface area (Å²) >= 11 is 2.07. The monoisotopic (exact) mass is 327 g/mol. The van der Waals surface area contributed by atoms with Crippen LogP contribution in [0.1, 0.15) is 47.5 Å². The quantitative estimate of drug-likeness (QED) is 0.636. The maximum Gasteiger partial charge on any atom is 0.194 e. The van der Waals surface area contributed by atoms with E-state index in [9.17, 15) is 0 Å². The van der Waals surface area contributed by atoms with Crippen molar-refractivity contribution in [1.82, 2.24) is 10.2 Å². The van der Waals surface area contributed by atoms with E-state index in [2.05, 4.69) is 61.6 Å². The first kappa shape index (κ1) is 17.9. The Labute approximate surface area is 140 Å². The third-order valence-corrected chi connectivity index (χ3v) is 7.23. The molecule has 2 heterocycles. The molecular formula is C17H33N3OS. The molecule has 0 atom stereocenters. The zero-order valence-electron chi connectivity index (χ0n) is 15.2. The number of nitrogens with zero attached hydrogens (tertiary/aromatic N) is 2. The molecule has 1 N–H and O–H groups in total. The Morgan fingerprint density at radius 1 is 1.23 bits per heavy atom. The van der Waals surface area contributed by atoms with Crippen molar-refractivity contribution in [3.05, 3.63) is 0 Å². The van der Waals surface area contributed by atoms with Gasteiger partial charge in [0.1, 0.15) is 0 Å². The molecule has 0 amide bonds. The van der Waals surface area contributed by atoms with E-state index in [1.807, 2.05) is 7.05 Å². The molecule has 4 nitrogen and oxygen atoms in total. The standard InChI is InChI=1S/C17H33N3OS/c1-7-22-17(8-10-21-11-9-17)12-19-14(18-6)20-13-15(2,3)16(20,4)5/h7-13H2,1-6H3,(H,18,19). The van der Waals surface area contributed by atoms with E-state index in [1.54, 1.807) is 0 Å². The first-order valence-electron chi connectivity index (χ1n) is 8.48. The molecule has 2 saturated heterocycles. The van der Waals surface area contributed by atoms with E-state index < -0.39 is 0 Å². The highest BCUT2D eigenvalue weighted by Gasteiger charge is 2.53. The predicted octanol–water partition coefficient (Wildman–Crippen LogP) is 2.98. The fraction of sp³-hybridized carbons (Fsp3) is 0.941. The van der Waals surface area contributed by atoms with Crippen LogP contribution < -0.4 is 5.32 Å². The van der Waals surface area contributed by atoms with Gasteiger partial charge in [-0.05, 0) is 32.4 Å². The van der Waals surface area contributed by atoms with Gasteiger partial charge in [0.25, 0.3) is 0 Å². The molecule has 0 aromatic rings. The molecule has 22 heavy (non-hydrogen) atoms. The van der Waals surface area contributed by atoms with E-state index in [0.29, 0.717) is 10.2 Å². The van der Waals surface area contributed by atoms with Crippen LogP contribution in [0.25, 0.3) is 0 Å². The molecule has 2 fully saturated rings. The fourth-order valence-corrected chi connectivity index (χ4v) is 4.60. The Morgan fingerprint density at radius 2 is 1.86 bits per heavy atom. The lowest BCUT2D eigenvalue weighted by molar-refractivity contribution is -0.0668. The highest BCUT2D eigenvalue weighted by Crippen LogP contribution is 2.46. The first-order chi connectivity index (χ1) is 10.3. The molecule has 0 spiro atoms. The van der Waals surface area contributed by atoms with Crippen molar-refractivity contribution >= 4 is 17.7 Å². The molecule has 0 aliphatic carbocycles.